The fourth-order valence-electron chi connectivity index (χ4n) is 4.02. The molecule has 2 amide bonds. The van der Waals surface area contributed by atoms with E-state index in [4.69, 9.17) is 9.26 Å². The fraction of sp³-hybridized carbons (Fsp3) is 0.792. The summed E-state index contributed by atoms with van der Waals surface area (Å²) in [5.41, 5.74) is 0. The van der Waals surface area contributed by atoms with E-state index in [1.54, 1.807) is 11.0 Å². The molecule has 1 N–H and O–H groups in total. The summed E-state index contributed by atoms with van der Waals surface area (Å²) >= 11 is 0. The highest BCUT2D eigenvalue weighted by Gasteiger charge is 2.24. The summed E-state index contributed by atoms with van der Waals surface area (Å²) in [6.45, 7) is 3.48. The van der Waals surface area contributed by atoms with E-state index in [1.165, 1.54) is 64.1 Å². The minimum absolute atomic E-state index is 0.0174. The van der Waals surface area contributed by atoms with Gasteiger partial charge < -0.3 is 19.5 Å². The molecule has 1 fully saturated rings. The highest BCUT2D eigenvalue weighted by Crippen LogP contribution is 2.16. The molecule has 7 nitrogen and oxygen atoms in total. The average molecular weight is 436 g/mol. The first kappa shape index (κ1) is 25.4. The molecule has 7 heteroatoms. The molecule has 1 aliphatic rings. The number of anilines is 1. The van der Waals surface area contributed by atoms with Gasteiger partial charge in [-0.1, -0.05) is 76.3 Å². The van der Waals surface area contributed by atoms with Gasteiger partial charge in [-0.15, -0.1) is 0 Å². The first-order valence-electron chi connectivity index (χ1n) is 12.3. The van der Waals surface area contributed by atoms with Crippen molar-refractivity contribution < 1.29 is 18.8 Å². The number of carbonyl (C=O) groups is 2. The van der Waals surface area contributed by atoms with Gasteiger partial charge in [-0.05, 0) is 19.3 Å². The van der Waals surface area contributed by atoms with Crippen LogP contribution in [0.3, 0.4) is 0 Å². The van der Waals surface area contributed by atoms with Gasteiger partial charge in [0.2, 0.25) is 11.8 Å². The number of ether oxygens (including phenoxy) is 1. The maximum atomic E-state index is 12.8. The van der Waals surface area contributed by atoms with Crippen molar-refractivity contribution >= 4 is 17.6 Å². The van der Waals surface area contributed by atoms with Gasteiger partial charge >= 0.3 is 0 Å². The maximum Gasteiger partial charge on any atom is 0.245 e. The van der Waals surface area contributed by atoms with Gasteiger partial charge in [0.15, 0.2) is 5.82 Å². The molecule has 0 radical (unpaired) electrons. The van der Waals surface area contributed by atoms with Crippen molar-refractivity contribution in [2.75, 3.05) is 25.0 Å². The lowest BCUT2D eigenvalue weighted by Gasteiger charge is -2.25. The zero-order valence-corrected chi connectivity index (χ0v) is 19.3. The van der Waals surface area contributed by atoms with Gasteiger partial charge in [-0.25, -0.2) is 0 Å². The maximum absolute atomic E-state index is 12.8. The number of nitrogens with one attached hydrogen (secondary N) is 1. The number of hydrogen-bond donors (Lipinski definition) is 1. The largest absolute Gasteiger partial charge is 0.376 e. The van der Waals surface area contributed by atoms with Crippen LogP contribution in [-0.2, 0) is 14.3 Å². The van der Waals surface area contributed by atoms with Crippen LogP contribution in [0.4, 0.5) is 5.82 Å². The summed E-state index contributed by atoms with van der Waals surface area (Å²) in [6.07, 6.45) is 17.6. The van der Waals surface area contributed by atoms with Crippen LogP contribution in [0.15, 0.2) is 16.9 Å². The minimum atomic E-state index is -0.265. The Labute approximate surface area is 187 Å². The Kier molecular flexibility index (Phi) is 13.0. The van der Waals surface area contributed by atoms with Crippen molar-refractivity contribution in [1.82, 2.24) is 10.1 Å². The van der Waals surface area contributed by atoms with E-state index in [0.29, 0.717) is 18.8 Å². The van der Waals surface area contributed by atoms with Gasteiger partial charge in [-0.3, -0.25) is 9.59 Å². The van der Waals surface area contributed by atoms with Gasteiger partial charge in [0, 0.05) is 25.6 Å². The standard InChI is InChI=1S/C24H41N3O4/c1-2-3-4-5-6-7-8-9-10-11-12-15-24(29)27(19-21-14-13-17-30-21)20-23(28)25-22-16-18-31-26-22/h16,18,21H,2-15,17,19-20H2,1H3,(H,25,26,28). The van der Waals surface area contributed by atoms with Crippen LogP contribution >= 0.6 is 0 Å². The molecule has 0 saturated carbocycles. The lowest BCUT2D eigenvalue weighted by molar-refractivity contribution is -0.136. The SMILES string of the molecule is CCCCCCCCCCCCCC(=O)N(CC(=O)Nc1ccon1)CC1CCCO1. The Morgan fingerprint density at radius 1 is 1.06 bits per heavy atom. The lowest BCUT2D eigenvalue weighted by atomic mass is 10.0. The molecule has 0 bridgehead atoms. The Balaban J connectivity index is 1.62. The van der Waals surface area contributed by atoms with Crippen LogP contribution in [0.5, 0.6) is 0 Å². The van der Waals surface area contributed by atoms with E-state index in [-0.39, 0.29) is 24.5 Å². The normalized spacial score (nSPS) is 15.8. The van der Waals surface area contributed by atoms with Crippen molar-refractivity contribution in [3.63, 3.8) is 0 Å². The number of nitrogens with zero attached hydrogens (tertiary/aromatic N) is 2. The minimum Gasteiger partial charge on any atom is -0.376 e. The quantitative estimate of drug-likeness (QED) is 0.335. The Bertz CT molecular complexity index is 600. The van der Waals surface area contributed by atoms with Crippen molar-refractivity contribution in [3.8, 4) is 0 Å². The Hall–Kier alpha value is -1.89. The molecule has 176 valence electrons. The molecular formula is C24H41N3O4. The van der Waals surface area contributed by atoms with Crippen LogP contribution in [0.25, 0.3) is 0 Å². The number of unbranched alkanes of at least 4 members (excludes halogenated alkanes) is 10. The highest BCUT2D eigenvalue weighted by molar-refractivity contribution is 5.93. The lowest BCUT2D eigenvalue weighted by Crippen LogP contribution is -2.42. The molecule has 2 heterocycles. The first-order chi connectivity index (χ1) is 15.2. The molecule has 1 aliphatic heterocycles. The second-order valence-electron chi connectivity index (χ2n) is 8.63. The molecule has 0 aromatic carbocycles. The van der Waals surface area contributed by atoms with E-state index in [0.717, 1.165) is 32.3 Å². The number of carbonyl (C=O) groups excluding carboxylic acids is 2. The third kappa shape index (κ3) is 11.3. The topological polar surface area (TPSA) is 84.7 Å². The molecule has 1 atom stereocenters. The molecule has 31 heavy (non-hydrogen) atoms. The summed E-state index contributed by atoms with van der Waals surface area (Å²) in [4.78, 5) is 26.8. The van der Waals surface area contributed by atoms with Crippen molar-refractivity contribution in [3.05, 3.63) is 12.3 Å². The zero-order valence-electron chi connectivity index (χ0n) is 19.3. The van der Waals surface area contributed by atoms with E-state index in [9.17, 15) is 9.59 Å². The van der Waals surface area contributed by atoms with Gasteiger partial charge in [0.25, 0.3) is 0 Å². The van der Waals surface area contributed by atoms with Crippen molar-refractivity contribution in [1.29, 1.82) is 0 Å². The van der Waals surface area contributed by atoms with Gasteiger partial charge in [-0.2, -0.15) is 0 Å². The summed E-state index contributed by atoms with van der Waals surface area (Å²) in [5.74, 6) is 0.126. The van der Waals surface area contributed by atoms with E-state index in [1.807, 2.05) is 0 Å². The first-order valence-corrected chi connectivity index (χ1v) is 12.3. The second-order valence-corrected chi connectivity index (χ2v) is 8.63. The van der Waals surface area contributed by atoms with Crippen molar-refractivity contribution in [2.24, 2.45) is 0 Å². The number of rotatable bonds is 17. The van der Waals surface area contributed by atoms with Crippen LogP contribution < -0.4 is 5.32 Å². The van der Waals surface area contributed by atoms with Crippen LogP contribution in [0, 0.1) is 0 Å². The summed E-state index contributed by atoms with van der Waals surface area (Å²) < 4.78 is 10.4. The third-order valence-electron chi connectivity index (χ3n) is 5.83. The molecule has 0 spiro atoms. The van der Waals surface area contributed by atoms with Crippen LogP contribution in [0.2, 0.25) is 0 Å². The number of hydrogen-bond acceptors (Lipinski definition) is 5. The van der Waals surface area contributed by atoms with Crippen molar-refractivity contribution in [2.45, 2.75) is 103 Å². The molecule has 1 aromatic rings. The smallest absolute Gasteiger partial charge is 0.245 e. The molecule has 1 saturated heterocycles. The average Bonchev–Trinajstić information content (AvgIpc) is 3.45. The number of amides is 2. The molecular weight excluding hydrogens is 394 g/mol. The molecule has 2 rings (SSSR count). The third-order valence-corrected chi connectivity index (χ3v) is 5.83. The molecule has 1 aromatic heterocycles. The summed E-state index contributed by atoms with van der Waals surface area (Å²) in [5, 5.41) is 6.35. The fourth-order valence-corrected chi connectivity index (χ4v) is 4.02. The van der Waals surface area contributed by atoms with Crippen LogP contribution in [-0.4, -0.2) is 47.7 Å². The molecule has 1 unspecified atom stereocenters. The molecule has 0 aliphatic carbocycles. The highest BCUT2D eigenvalue weighted by atomic mass is 16.5. The van der Waals surface area contributed by atoms with E-state index in [2.05, 4.69) is 17.4 Å². The summed E-state index contributed by atoms with van der Waals surface area (Å²) in [6, 6.07) is 1.58. The summed E-state index contributed by atoms with van der Waals surface area (Å²) in [7, 11) is 0. The van der Waals surface area contributed by atoms with Gasteiger partial charge in [0.05, 0.1) is 12.6 Å². The Morgan fingerprint density at radius 2 is 1.74 bits per heavy atom. The zero-order chi connectivity index (χ0) is 22.2. The second kappa shape index (κ2) is 15.8. The monoisotopic (exact) mass is 435 g/mol. The number of aromatic nitrogens is 1. The van der Waals surface area contributed by atoms with E-state index < -0.39 is 0 Å². The predicted molar refractivity (Wildman–Crippen MR) is 122 cm³/mol. The Morgan fingerprint density at radius 3 is 2.32 bits per heavy atom. The van der Waals surface area contributed by atoms with E-state index >= 15 is 0 Å². The van der Waals surface area contributed by atoms with Crippen LogP contribution in [0.1, 0.15) is 96.8 Å². The predicted octanol–water partition coefficient (Wildman–Crippen LogP) is 5.32. The van der Waals surface area contributed by atoms with Gasteiger partial charge in [0.1, 0.15) is 6.26 Å².